The van der Waals surface area contributed by atoms with Crippen LogP contribution in [0.3, 0.4) is 0 Å². The summed E-state index contributed by atoms with van der Waals surface area (Å²) in [6.45, 7) is 0.806. The highest BCUT2D eigenvalue weighted by Gasteiger charge is 2.37. The number of esters is 1. The van der Waals surface area contributed by atoms with Crippen molar-refractivity contribution in [1.29, 1.82) is 0 Å². The molecule has 1 saturated carbocycles. The van der Waals surface area contributed by atoms with E-state index in [2.05, 4.69) is 14.5 Å². The van der Waals surface area contributed by atoms with Gasteiger partial charge < -0.3 is 14.2 Å². The smallest absolute Gasteiger partial charge is 0.312 e. The van der Waals surface area contributed by atoms with Crippen LogP contribution in [0.25, 0.3) is 11.2 Å². The summed E-state index contributed by atoms with van der Waals surface area (Å²) in [5.41, 5.74) is 2.11. The number of nitrogens with zero attached hydrogens (tertiary/aromatic N) is 4. The van der Waals surface area contributed by atoms with E-state index in [0.29, 0.717) is 24.7 Å². The number of ether oxygens (including phenoxy) is 1. The van der Waals surface area contributed by atoms with Gasteiger partial charge >= 0.3 is 5.97 Å². The molecule has 7 heteroatoms. The first-order valence-corrected chi connectivity index (χ1v) is 8.37. The minimum absolute atomic E-state index is 0.111. The molecule has 2 aliphatic rings. The Morgan fingerprint density at radius 2 is 1.96 bits per heavy atom. The Bertz CT molecular complexity index is 788. The van der Waals surface area contributed by atoms with Gasteiger partial charge in [-0.2, -0.15) is 0 Å². The Hall–Kier alpha value is -2.44. The fourth-order valence-electron chi connectivity index (χ4n) is 3.63. The van der Waals surface area contributed by atoms with Gasteiger partial charge in [0.2, 0.25) is 0 Å². The molecule has 0 N–H and O–H groups in total. The van der Waals surface area contributed by atoms with Gasteiger partial charge in [0, 0.05) is 25.3 Å². The van der Waals surface area contributed by atoms with Crippen molar-refractivity contribution in [2.24, 2.45) is 5.92 Å². The lowest BCUT2D eigenvalue weighted by Crippen LogP contribution is -2.53. The topological polar surface area (TPSA) is 77.3 Å². The van der Waals surface area contributed by atoms with E-state index >= 15 is 0 Å². The molecular weight excluding hydrogens is 308 g/mol. The number of imidazole rings is 1. The van der Waals surface area contributed by atoms with Gasteiger partial charge in [0.1, 0.15) is 5.52 Å². The minimum atomic E-state index is -0.261. The lowest BCUT2D eigenvalue weighted by atomic mass is 9.99. The van der Waals surface area contributed by atoms with E-state index in [4.69, 9.17) is 4.74 Å². The lowest BCUT2D eigenvalue weighted by Gasteiger charge is -2.37. The van der Waals surface area contributed by atoms with Gasteiger partial charge in [0.15, 0.2) is 5.65 Å². The molecule has 126 valence electrons. The molecule has 1 aliphatic carbocycles. The number of amides is 1. The highest BCUT2D eigenvalue weighted by Crippen LogP contribution is 2.31. The normalized spacial score (nSPS) is 18.8. The summed E-state index contributed by atoms with van der Waals surface area (Å²) in [5.74, 6) is -0.583. The van der Waals surface area contributed by atoms with E-state index in [-0.39, 0.29) is 17.8 Å². The maximum absolute atomic E-state index is 12.5. The van der Waals surface area contributed by atoms with Crippen LogP contribution in [0.5, 0.6) is 0 Å². The molecule has 24 heavy (non-hydrogen) atoms. The van der Waals surface area contributed by atoms with Gasteiger partial charge in [0.05, 0.1) is 24.9 Å². The van der Waals surface area contributed by atoms with Crippen LogP contribution in [0.1, 0.15) is 42.1 Å². The number of carbonyl (C=O) groups is 2. The summed E-state index contributed by atoms with van der Waals surface area (Å²) in [6, 6.07) is 2.27. The molecule has 1 aliphatic heterocycles. The summed E-state index contributed by atoms with van der Waals surface area (Å²) in [7, 11) is 1.37. The summed E-state index contributed by atoms with van der Waals surface area (Å²) < 4.78 is 6.83. The van der Waals surface area contributed by atoms with Crippen molar-refractivity contribution in [3.05, 3.63) is 24.2 Å². The Morgan fingerprint density at radius 1 is 1.21 bits per heavy atom. The van der Waals surface area contributed by atoms with Gasteiger partial charge in [-0.25, -0.2) is 9.97 Å². The first-order chi connectivity index (χ1) is 11.7. The summed E-state index contributed by atoms with van der Waals surface area (Å²) in [5, 5.41) is 0. The average molecular weight is 328 g/mol. The van der Waals surface area contributed by atoms with Crippen LogP contribution in [0.2, 0.25) is 0 Å². The SMILES string of the molecule is COC(=O)C1CN(C(=O)c2cnc3c(c2)ncn3C2CCCC2)C1. The van der Waals surface area contributed by atoms with Crippen molar-refractivity contribution in [3.63, 3.8) is 0 Å². The molecule has 2 fully saturated rings. The van der Waals surface area contributed by atoms with E-state index in [1.54, 1.807) is 17.2 Å². The second-order valence-corrected chi connectivity index (χ2v) is 6.59. The van der Waals surface area contributed by atoms with Gasteiger partial charge in [0.25, 0.3) is 5.91 Å². The van der Waals surface area contributed by atoms with E-state index in [1.165, 1.54) is 20.0 Å². The van der Waals surface area contributed by atoms with Crippen molar-refractivity contribution in [1.82, 2.24) is 19.4 Å². The maximum atomic E-state index is 12.5. The van der Waals surface area contributed by atoms with Crippen LogP contribution in [-0.4, -0.2) is 51.5 Å². The van der Waals surface area contributed by atoms with E-state index in [1.807, 2.05) is 6.33 Å². The van der Waals surface area contributed by atoms with Crippen LogP contribution < -0.4 is 0 Å². The molecule has 1 amide bonds. The summed E-state index contributed by atoms with van der Waals surface area (Å²) in [4.78, 5) is 34.4. The van der Waals surface area contributed by atoms with Crippen molar-refractivity contribution in [2.75, 3.05) is 20.2 Å². The van der Waals surface area contributed by atoms with Gasteiger partial charge in [-0.1, -0.05) is 12.8 Å². The second-order valence-electron chi connectivity index (χ2n) is 6.59. The van der Waals surface area contributed by atoms with Crippen LogP contribution in [0.4, 0.5) is 0 Å². The van der Waals surface area contributed by atoms with Crippen LogP contribution in [-0.2, 0) is 9.53 Å². The van der Waals surface area contributed by atoms with Crippen molar-refractivity contribution >= 4 is 23.0 Å². The minimum Gasteiger partial charge on any atom is -0.469 e. The fraction of sp³-hybridized carbons (Fsp3) is 0.529. The highest BCUT2D eigenvalue weighted by atomic mass is 16.5. The second kappa shape index (κ2) is 5.89. The Labute approximate surface area is 139 Å². The predicted molar refractivity (Wildman–Crippen MR) is 86.4 cm³/mol. The predicted octanol–water partition coefficient (Wildman–Crippen LogP) is 1.79. The van der Waals surface area contributed by atoms with Gasteiger partial charge in [-0.3, -0.25) is 9.59 Å². The third kappa shape index (κ3) is 2.44. The molecule has 0 radical (unpaired) electrons. The first-order valence-electron chi connectivity index (χ1n) is 8.37. The monoisotopic (exact) mass is 328 g/mol. The van der Waals surface area contributed by atoms with E-state index in [9.17, 15) is 9.59 Å². The number of hydrogen-bond donors (Lipinski definition) is 0. The Kier molecular flexibility index (Phi) is 3.70. The molecule has 1 saturated heterocycles. The van der Waals surface area contributed by atoms with E-state index in [0.717, 1.165) is 24.0 Å². The highest BCUT2D eigenvalue weighted by molar-refractivity contribution is 5.97. The van der Waals surface area contributed by atoms with Crippen LogP contribution in [0.15, 0.2) is 18.6 Å². The molecular formula is C17H20N4O3. The summed E-state index contributed by atoms with van der Waals surface area (Å²) >= 11 is 0. The third-order valence-electron chi connectivity index (χ3n) is 5.08. The van der Waals surface area contributed by atoms with Crippen molar-refractivity contribution in [3.8, 4) is 0 Å². The molecule has 3 heterocycles. The number of carbonyl (C=O) groups excluding carboxylic acids is 2. The van der Waals surface area contributed by atoms with Crippen molar-refractivity contribution < 1.29 is 14.3 Å². The van der Waals surface area contributed by atoms with E-state index < -0.39 is 0 Å². The largest absolute Gasteiger partial charge is 0.469 e. The Morgan fingerprint density at radius 3 is 2.67 bits per heavy atom. The molecule has 0 spiro atoms. The van der Waals surface area contributed by atoms with Gasteiger partial charge in [-0.15, -0.1) is 0 Å². The third-order valence-corrected chi connectivity index (χ3v) is 5.08. The fourth-order valence-corrected chi connectivity index (χ4v) is 3.63. The zero-order valence-electron chi connectivity index (χ0n) is 13.6. The number of fused-ring (bicyclic) bond motifs is 1. The number of hydrogen-bond acceptors (Lipinski definition) is 5. The number of pyridine rings is 1. The maximum Gasteiger partial charge on any atom is 0.312 e. The number of rotatable bonds is 3. The molecule has 4 rings (SSSR count). The van der Waals surface area contributed by atoms with Gasteiger partial charge in [-0.05, 0) is 18.9 Å². The number of methoxy groups -OCH3 is 1. The molecule has 2 aromatic rings. The van der Waals surface area contributed by atoms with Crippen LogP contribution >= 0.6 is 0 Å². The zero-order valence-corrected chi connectivity index (χ0v) is 13.6. The average Bonchev–Trinajstić information content (AvgIpc) is 3.21. The number of likely N-dealkylation sites (tertiary alicyclic amines) is 1. The lowest BCUT2D eigenvalue weighted by molar-refractivity contribution is -0.149. The zero-order chi connectivity index (χ0) is 16.7. The molecule has 7 nitrogen and oxygen atoms in total. The molecule has 0 aromatic carbocycles. The number of aromatic nitrogens is 3. The first kappa shape index (κ1) is 15.1. The molecule has 0 unspecified atom stereocenters. The summed E-state index contributed by atoms with van der Waals surface area (Å²) in [6.07, 6.45) is 8.27. The van der Waals surface area contributed by atoms with Crippen LogP contribution in [0, 0.1) is 5.92 Å². The quantitative estimate of drug-likeness (QED) is 0.803. The standard InChI is InChI=1S/C17H20N4O3/c1-24-17(23)12-8-20(9-12)16(22)11-6-14-15(18-7-11)21(10-19-14)13-4-2-3-5-13/h6-7,10,12-13H,2-5,8-9H2,1H3. The molecule has 0 bridgehead atoms. The molecule has 2 aromatic heterocycles. The Balaban J connectivity index is 1.51. The van der Waals surface area contributed by atoms with Crippen molar-refractivity contribution in [2.45, 2.75) is 31.7 Å². The molecule has 0 atom stereocenters.